The summed E-state index contributed by atoms with van der Waals surface area (Å²) in [7, 11) is 0. The maximum atomic E-state index is 14.3. The molecular weight excluding hydrogens is 339 g/mol. The summed E-state index contributed by atoms with van der Waals surface area (Å²) in [6.45, 7) is 6.06. The quantitative estimate of drug-likeness (QED) is 0.475. The van der Waals surface area contributed by atoms with E-state index >= 15 is 0 Å². The van der Waals surface area contributed by atoms with Gasteiger partial charge >= 0.3 is 0 Å². The molecule has 2 nitrogen and oxygen atoms in total. The Bertz CT molecular complexity index is 557. The van der Waals surface area contributed by atoms with Gasteiger partial charge in [-0.25, -0.2) is 4.39 Å². The van der Waals surface area contributed by atoms with Crippen LogP contribution < -0.4 is 0 Å². The van der Waals surface area contributed by atoms with Crippen LogP contribution in [0.15, 0.2) is 18.2 Å². The topological polar surface area (TPSA) is 18.5 Å². The molecule has 0 radical (unpaired) electrons. The first-order valence-corrected chi connectivity index (χ1v) is 11.2. The van der Waals surface area contributed by atoms with Gasteiger partial charge in [-0.3, -0.25) is 0 Å². The molecule has 0 amide bonds. The number of benzene rings is 1. The number of rotatable bonds is 8. The molecule has 27 heavy (non-hydrogen) atoms. The molecule has 1 aromatic carbocycles. The fraction of sp³-hybridized carbons (Fsp3) is 0.750. The van der Waals surface area contributed by atoms with Crippen molar-refractivity contribution >= 4 is 0 Å². The van der Waals surface area contributed by atoms with Gasteiger partial charge in [-0.15, -0.1) is 0 Å². The van der Waals surface area contributed by atoms with E-state index in [0.29, 0.717) is 17.8 Å². The molecule has 0 unspecified atom stereocenters. The molecule has 2 fully saturated rings. The van der Waals surface area contributed by atoms with Gasteiger partial charge in [-0.2, -0.15) is 0 Å². The Kier molecular flexibility index (Phi) is 8.14. The van der Waals surface area contributed by atoms with E-state index in [9.17, 15) is 4.39 Å². The van der Waals surface area contributed by atoms with Gasteiger partial charge in [0.2, 0.25) is 0 Å². The number of aryl methyl sites for hydroxylation is 1. The van der Waals surface area contributed by atoms with Crippen molar-refractivity contribution < 1.29 is 13.9 Å². The van der Waals surface area contributed by atoms with Crippen molar-refractivity contribution in [3.8, 4) is 0 Å². The fourth-order valence-electron chi connectivity index (χ4n) is 4.69. The van der Waals surface area contributed by atoms with Crippen molar-refractivity contribution in [1.82, 2.24) is 0 Å². The van der Waals surface area contributed by atoms with Gasteiger partial charge in [0.1, 0.15) is 5.82 Å². The van der Waals surface area contributed by atoms with Crippen molar-refractivity contribution in [2.24, 2.45) is 11.8 Å². The van der Waals surface area contributed by atoms with Crippen LogP contribution in [0.2, 0.25) is 0 Å². The second-order valence-electron chi connectivity index (χ2n) is 8.61. The summed E-state index contributed by atoms with van der Waals surface area (Å²) >= 11 is 0. The maximum absolute atomic E-state index is 14.3. The van der Waals surface area contributed by atoms with Crippen LogP contribution in [0.1, 0.15) is 88.7 Å². The smallest absolute Gasteiger partial charge is 0.160 e. The predicted octanol–water partition coefficient (Wildman–Crippen LogP) is 6.62. The molecule has 0 N–H and O–H groups in total. The molecule has 3 rings (SSSR count). The van der Waals surface area contributed by atoms with E-state index in [2.05, 4.69) is 19.9 Å². The van der Waals surface area contributed by atoms with Crippen molar-refractivity contribution in [3.05, 3.63) is 35.1 Å². The minimum atomic E-state index is -0.0236. The summed E-state index contributed by atoms with van der Waals surface area (Å²) in [6, 6.07) is 5.92. The molecule has 152 valence electrons. The van der Waals surface area contributed by atoms with Crippen LogP contribution >= 0.6 is 0 Å². The Labute approximate surface area is 164 Å². The molecule has 1 aliphatic heterocycles. The minimum absolute atomic E-state index is 0.0166. The van der Waals surface area contributed by atoms with E-state index < -0.39 is 0 Å². The first-order chi connectivity index (χ1) is 13.2. The number of hydrogen-bond donors (Lipinski definition) is 0. The van der Waals surface area contributed by atoms with Crippen LogP contribution in [-0.4, -0.2) is 19.5 Å². The van der Waals surface area contributed by atoms with Gasteiger partial charge in [0.25, 0.3) is 0 Å². The molecule has 3 heteroatoms. The Hall–Kier alpha value is -0.930. The second-order valence-corrected chi connectivity index (χ2v) is 8.61. The molecule has 1 heterocycles. The lowest BCUT2D eigenvalue weighted by Gasteiger charge is -2.37. The zero-order valence-corrected chi connectivity index (χ0v) is 17.2. The van der Waals surface area contributed by atoms with Crippen LogP contribution in [-0.2, 0) is 15.9 Å². The van der Waals surface area contributed by atoms with Gasteiger partial charge < -0.3 is 9.47 Å². The summed E-state index contributed by atoms with van der Waals surface area (Å²) < 4.78 is 26.4. The first kappa shape index (κ1) is 20.8. The monoisotopic (exact) mass is 376 g/mol. The summed E-state index contributed by atoms with van der Waals surface area (Å²) in [4.78, 5) is 0. The minimum Gasteiger partial charge on any atom is -0.352 e. The summed E-state index contributed by atoms with van der Waals surface area (Å²) in [5.41, 5.74) is 2.03. The van der Waals surface area contributed by atoms with Crippen molar-refractivity contribution in [3.63, 3.8) is 0 Å². The zero-order chi connectivity index (χ0) is 19.1. The Morgan fingerprint density at radius 3 is 2.33 bits per heavy atom. The number of unbranched alkanes of at least 4 members (excludes halogenated alkanes) is 2. The zero-order valence-electron chi connectivity index (χ0n) is 17.2. The van der Waals surface area contributed by atoms with Gasteiger partial charge in [-0.05, 0) is 61.6 Å². The molecule has 1 saturated heterocycles. The van der Waals surface area contributed by atoms with Crippen molar-refractivity contribution in [2.75, 3.05) is 13.2 Å². The van der Waals surface area contributed by atoms with Gasteiger partial charge in [0.15, 0.2) is 6.29 Å². The molecule has 2 aliphatic rings. The summed E-state index contributed by atoms with van der Waals surface area (Å²) in [5.74, 6) is 1.54. The van der Waals surface area contributed by atoms with Crippen LogP contribution in [0.3, 0.4) is 0 Å². The Balaban J connectivity index is 1.43. The third-order valence-corrected chi connectivity index (χ3v) is 6.43. The summed E-state index contributed by atoms with van der Waals surface area (Å²) in [5, 5.41) is 0. The SMILES string of the molecule is CCCCCC1COC(C2CCC(c3ccc(CCC)c(F)c3)CC2)OC1. The molecule has 1 aliphatic carbocycles. The third kappa shape index (κ3) is 5.77. The highest BCUT2D eigenvalue weighted by atomic mass is 19.1. The normalized spacial score (nSPS) is 29.0. The third-order valence-electron chi connectivity index (χ3n) is 6.43. The molecule has 0 atom stereocenters. The van der Waals surface area contributed by atoms with Crippen LogP contribution in [0.5, 0.6) is 0 Å². The van der Waals surface area contributed by atoms with Gasteiger partial charge in [0, 0.05) is 11.8 Å². The molecule has 0 spiro atoms. The van der Waals surface area contributed by atoms with E-state index in [1.54, 1.807) is 6.07 Å². The second kappa shape index (κ2) is 10.6. The highest BCUT2D eigenvalue weighted by molar-refractivity contribution is 5.27. The Morgan fingerprint density at radius 2 is 1.70 bits per heavy atom. The number of hydrogen-bond acceptors (Lipinski definition) is 2. The highest BCUT2D eigenvalue weighted by Crippen LogP contribution is 2.39. The largest absolute Gasteiger partial charge is 0.352 e. The fourth-order valence-corrected chi connectivity index (χ4v) is 4.69. The van der Waals surface area contributed by atoms with Crippen LogP contribution in [0.4, 0.5) is 4.39 Å². The average Bonchev–Trinajstić information content (AvgIpc) is 2.71. The predicted molar refractivity (Wildman–Crippen MR) is 108 cm³/mol. The van der Waals surface area contributed by atoms with Gasteiger partial charge in [-0.1, -0.05) is 51.7 Å². The standard InChI is InChI=1S/C24H37FO2/c1-3-5-6-8-18-16-26-24(27-17-18)21-12-9-19(10-13-21)22-14-11-20(7-4-2)23(25)15-22/h11,14-15,18-19,21,24H,3-10,12-13,16-17H2,1-2H3. The van der Waals surface area contributed by atoms with E-state index in [-0.39, 0.29) is 12.1 Å². The maximum Gasteiger partial charge on any atom is 0.160 e. The Morgan fingerprint density at radius 1 is 0.963 bits per heavy atom. The van der Waals surface area contributed by atoms with E-state index in [1.807, 2.05) is 6.07 Å². The van der Waals surface area contributed by atoms with E-state index in [4.69, 9.17) is 9.47 Å². The van der Waals surface area contributed by atoms with E-state index in [1.165, 1.54) is 31.2 Å². The summed E-state index contributed by atoms with van der Waals surface area (Å²) in [6.07, 6.45) is 11.4. The van der Waals surface area contributed by atoms with E-state index in [0.717, 1.165) is 57.3 Å². The highest BCUT2D eigenvalue weighted by Gasteiger charge is 2.32. The molecule has 1 saturated carbocycles. The molecule has 0 bridgehead atoms. The van der Waals surface area contributed by atoms with Crippen molar-refractivity contribution in [1.29, 1.82) is 0 Å². The van der Waals surface area contributed by atoms with Crippen LogP contribution in [0, 0.1) is 17.7 Å². The molecular formula is C24H37FO2. The van der Waals surface area contributed by atoms with Crippen molar-refractivity contribution in [2.45, 2.75) is 90.3 Å². The average molecular weight is 377 g/mol. The van der Waals surface area contributed by atoms with Crippen LogP contribution in [0.25, 0.3) is 0 Å². The number of halogens is 1. The van der Waals surface area contributed by atoms with Gasteiger partial charge in [0.05, 0.1) is 13.2 Å². The molecule has 1 aromatic rings. The lowest BCUT2D eigenvalue weighted by molar-refractivity contribution is -0.229. The molecule has 0 aromatic heterocycles. The first-order valence-electron chi connectivity index (χ1n) is 11.2. The lowest BCUT2D eigenvalue weighted by Crippen LogP contribution is -2.38. The number of ether oxygens (including phenoxy) is 2. The lowest BCUT2D eigenvalue weighted by atomic mass is 9.78.